The van der Waals surface area contributed by atoms with Crippen molar-refractivity contribution in [2.45, 2.75) is 13.3 Å². The van der Waals surface area contributed by atoms with Gasteiger partial charge in [-0.05, 0) is 18.4 Å². The molecule has 0 bridgehead atoms. The molecule has 2 aromatic heterocycles. The van der Waals surface area contributed by atoms with Crippen molar-refractivity contribution < 1.29 is 0 Å². The standard InChI is InChI=1S/C12H14N6/c1-8-2-4-17(7-8)10-3-5-18-12(15-10)9(6-13)11(14)16-18/h3,5,8H,2,4,7H2,1H3,(H2,14,16)/t8-/m0/s1. The molecule has 0 aromatic carbocycles. The van der Waals surface area contributed by atoms with Crippen LogP contribution in [0.4, 0.5) is 11.6 Å². The molecule has 92 valence electrons. The van der Waals surface area contributed by atoms with Gasteiger partial charge in [-0.15, -0.1) is 5.10 Å². The number of aromatic nitrogens is 3. The number of nitriles is 1. The van der Waals surface area contributed by atoms with Crippen molar-refractivity contribution in [1.29, 1.82) is 5.26 Å². The zero-order valence-electron chi connectivity index (χ0n) is 10.2. The lowest BCUT2D eigenvalue weighted by Gasteiger charge is -2.16. The smallest absolute Gasteiger partial charge is 0.177 e. The maximum absolute atomic E-state index is 9.07. The minimum absolute atomic E-state index is 0.233. The van der Waals surface area contributed by atoms with E-state index in [-0.39, 0.29) is 5.82 Å². The Morgan fingerprint density at radius 1 is 1.56 bits per heavy atom. The van der Waals surface area contributed by atoms with Crippen LogP contribution in [0.25, 0.3) is 5.65 Å². The zero-order chi connectivity index (χ0) is 12.7. The van der Waals surface area contributed by atoms with E-state index in [1.54, 1.807) is 10.7 Å². The molecule has 1 atom stereocenters. The van der Waals surface area contributed by atoms with E-state index in [2.05, 4.69) is 28.0 Å². The van der Waals surface area contributed by atoms with Crippen molar-refractivity contribution >= 4 is 17.3 Å². The van der Waals surface area contributed by atoms with Crippen molar-refractivity contribution in [2.24, 2.45) is 5.92 Å². The molecular formula is C12H14N6. The fraction of sp³-hybridized carbons (Fsp3) is 0.417. The Bertz CT molecular complexity index is 638. The lowest BCUT2D eigenvalue weighted by molar-refractivity contribution is 0.659. The summed E-state index contributed by atoms with van der Waals surface area (Å²) in [6.07, 6.45) is 2.98. The van der Waals surface area contributed by atoms with Crippen molar-refractivity contribution in [3.8, 4) is 6.07 Å². The van der Waals surface area contributed by atoms with E-state index in [9.17, 15) is 0 Å². The summed E-state index contributed by atoms with van der Waals surface area (Å²) in [4.78, 5) is 6.74. The summed E-state index contributed by atoms with van der Waals surface area (Å²) in [6, 6.07) is 3.97. The molecule has 1 fully saturated rings. The SMILES string of the molecule is C[C@H]1CCN(c2ccn3nc(N)c(C#N)c3n2)C1. The van der Waals surface area contributed by atoms with Crippen LogP contribution in [0.2, 0.25) is 0 Å². The number of rotatable bonds is 1. The van der Waals surface area contributed by atoms with Crippen LogP contribution in [-0.4, -0.2) is 27.7 Å². The highest BCUT2D eigenvalue weighted by Crippen LogP contribution is 2.23. The second-order valence-electron chi connectivity index (χ2n) is 4.77. The molecule has 2 aromatic rings. The van der Waals surface area contributed by atoms with Gasteiger partial charge in [-0.1, -0.05) is 6.92 Å². The maximum Gasteiger partial charge on any atom is 0.177 e. The molecule has 0 aliphatic carbocycles. The third-order valence-corrected chi connectivity index (χ3v) is 3.36. The van der Waals surface area contributed by atoms with Crippen molar-refractivity contribution in [2.75, 3.05) is 23.7 Å². The van der Waals surface area contributed by atoms with Gasteiger partial charge in [-0.25, -0.2) is 9.50 Å². The predicted molar refractivity (Wildman–Crippen MR) is 68.1 cm³/mol. The number of nitrogen functional groups attached to an aromatic ring is 1. The molecule has 0 spiro atoms. The van der Waals surface area contributed by atoms with E-state index < -0.39 is 0 Å². The van der Waals surface area contributed by atoms with Gasteiger partial charge in [0.25, 0.3) is 0 Å². The Hall–Kier alpha value is -2.29. The van der Waals surface area contributed by atoms with Crippen LogP contribution < -0.4 is 10.6 Å². The number of anilines is 2. The van der Waals surface area contributed by atoms with Gasteiger partial charge in [0.1, 0.15) is 17.5 Å². The predicted octanol–water partition coefficient (Wildman–Crippen LogP) is 1.03. The Morgan fingerprint density at radius 2 is 2.39 bits per heavy atom. The van der Waals surface area contributed by atoms with Gasteiger partial charge in [0.15, 0.2) is 11.5 Å². The minimum Gasteiger partial charge on any atom is -0.381 e. The van der Waals surface area contributed by atoms with Gasteiger partial charge in [-0.3, -0.25) is 0 Å². The van der Waals surface area contributed by atoms with Crippen LogP contribution in [-0.2, 0) is 0 Å². The molecule has 18 heavy (non-hydrogen) atoms. The molecule has 6 heteroatoms. The van der Waals surface area contributed by atoms with E-state index in [0.29, 0.717) is 17.1 Å². The van der Waals surface area contributed by atoms with Gasteiger partial charge in [0.05, 0.1) is 0 Å². The van der Waals surface area contributed by atoms with Gasteiger partial charge in [0.2, 0.25) is 0 Å². The Balaban J connectivity index is 2.08. The lowest BCUT2D eigenvalue weighted by atomic mass is 10.2. The molecule has 0 radical (unpaired) electrons. The van der Waals surface area contributed by atoms with Crippen LogP contribution >= 0.6 is 0 Å². The van der Waals surface area contributed by atoms with E-state index >= 15 is 0 Å². The third-order valence-electron chi connectivity index (χ3n) is 3.36. The van der Waals surface area contributed by atoms with Gasteiger partial charge in [0, 0.05) is 19.3 Å². The van der Waals surface area contributed by atoms with Crippen molar-refractivity contribution in [3.05, 3.63) is 17.8 Å². The Labute approximate surface area is 105 Å². The summed E-state index contributed by atoms with van der Waals surface area (Å²) in [7, 11) is 0. The highest BCUT2D eigenvalue weighted by molar-refractivity contribution is 5.67. The average molecular weight is 242 g/mol. The largest absolute Gasteiger partial charge is 0.381 e. The number of hydrogen-bond donors (Lipinski definition) is 1. The van der Waals surface area contributed by atoms with E-state index in [1.165, 1.54) is 6.42 Å². The molecule has 0 saturated carbocycles. The number of fused-ring (bicyclic) bond motifs is 1. The van der Waals surface area contributed by atoms with Crippen LogP contribution in [0, 0.1) is 17.2 Å². The molecule has 1 aliphatic heterocycles. The fourth-order valence-corrected chi connectivity index (χ4v) is 2.36. The van der Waals surface area contributed by atoms with Crippen molar-refractivity contribution in [3.63, 3.8) is 0 Å². The summed E-state index contributed by atoms with van der Waals surface area (Å²) in [5.41, 5.74) is 6.57. The Kier molecular flexibility index (Phi) is 2.33. The van der Waals surface area contributed by atoms with E-state index in [4.69, 9.17) is 11.0 Å². The second kappa shape index (κ2) is 3.88. The fourth-order valence-electron chi connectivity index (χ4n) is 2.36. The summed E-state index contributed by atoms with van der Waals surface area (Å²) >= 11 is 0. The summed E-state index contributed by atoms with van der Waals surface area (Å²) in [5.74, 6) is 1.81. The molecule has 3 rings (SSSR count). The zero-order valence-corrected chi connectivity index (χ0v) is 10.2. The third kappa shape index (κ3) is 1.56. The molecule has 1 saturated heterocycles. The maximum atomic E-state index is 9.07. The van der Waals surface area contributed by atoms with Gasteiger partial charge in [-0.2, -0.15) is 5.26 Å². The van der Waals surface area contributed by atoms with Crippen LogP contribution in [0.15, 0.2) is 12.3 Å². The summed E-state index contributed by atoms with van der Waals surface area (Å²) < 4.78 is 1.55. The van der Waals surface area contributed by atoms with E-state index in [0.717, 1.165) is 18.9 Å². The number of nitrogens with zero attached hydrogens (tertiary/aromatic N) is 5. The first-order chi connectivity index (χ1) is 8.69. The van der Waals surface area contributed by atoms with Crippen LogP contribution in [0.1, 0.15) is 18.9 Å². The van der Waals surface area contributed by atoms with Gasteiger partial charge < -0.3 is 10.6 Å². The number of hydrogen-bond acceptors (Lipinski definition) is 5. The molecule has 1 aliphatic rings. The molecular weight excluding hydrogens is 228 g/mol. The second-order valence-corrected chi connectivity index (χ2v) is 4.77. The monoisotopic (exact) mass is 242 g/mol. The molecule has 3 heterocycles. The molecule has 6 nitrogen and oxygen atoms in total. The first-order valence-corrected chi connectivity index (χ1v) is 5.99. The first-order valence-electron chi connectivity index (χ1n) is 5.99. The molecule has 2 N–H and O–H groups in total. The van der Waals surface area contributed by atoms with Crippen molar-refractivity contribution in [1.82, 2.24) is 14.6 Å². The molecule has 0 unspecified atom stereocenters. The van der Waals surface area contributed by atoms with Crippen LogP contribution in [0.5, 0.6) is 0 Å². The first kappa shape index (κ1) is 10.8. The molecule has 0 amide bonds. The minimum atomic E-state index is 0.233. The number of nitrogens with two attached hydrogens (primary N) is 1. The lowest BCUT2D eigenvalue weighted by Crippen LogP contribution is -2.20. The highest BCUT2D eigenvalue weighted by atomic mass is 15.3. The summed E-state index contributed by atoms with van der Waals surface area (Å²) in [6.45, 7) is 4.25. The van der Waals surface area contributed by atoms with Gasteiger partial charge >= 0.3 is 0 Å². The van der Waals surface area contributed by atoms with E-state index in [1.807, 2.05) is 6.07 Å². The normalized spacial score (nSPS) is 19.3. The highest BCUT2D eigenvalue weighted by Gasteiger charge is 2.21. The van der Waals surface area contributed by atoms with Crippen LogP contribution in [0.3, 0.4) is 0 Å². The summed E-state index contributed by atoms with van der Waals surface area (Å²) in [5, 5.41) is 13.1. The average Bonchev–Trinajstić information content (AvgIpc) is 2.91. The quantitative estimate of drug-likeness (QED) is 0.807. The topological polar surface area (TPSA) is 83.2 Å². The Morgan fingerprint density at radius 3 is 3.06 bits per heavy atom.